The molecule has 1 N–H and O–H groups in total. The molecule has 0 atom stereocenters. The molecule has 8 nitrogen and oxygen atoms in total. The van der Waals surface area contributed by atoms with Crippen molar-refractivity contribution in [2.24, 2.45) is 0 Å². The minimum absolute atomic E-state index is 0.107. The van der Waals surface area contributed by atoms with Crippen molar-refractivity contribution in [2.45, 2.75) is 13.5 Å². The van der Waals surface area contributed by atoms with Gasteiger partial charge in [0.15, 0.2) is 0 Å². The smallest absolute Gasteiger partial charge is 0.274 e. The number of fused-ring (bicyclic) bond motifs is 1. The van der Waals surface area contributed by atoms with Crippen LogP contribution in [0, 0.1) is 6.92 Å². The molecule has 0 bridgehead atoms. The van der Waals surface area contributed by atoms with Crippen LogP contribution in [0.3, 0.4) is 0 Å². The fourth-order valence-corrected chi connectivity index (χ4v) is 3.17. The first-order valence-electron chi connectivity index (χ1n) is 9.11. The van der Waals surface area contributed by atoms with Crippen LogP contribution in [0.25, 0.3) is 5.78 Å². The Morgan fingerprint density at radius 1 is 1.13 bits per heavy atom. The molecule has 0 unspecified atom stereocenters. The van der Waals surface area contributed by atoms with Crippen LogP contribution in [0.5, 0.6) is 5.75 Å². The lowest BCUT2D eigenvalue weighted by Gasteiger charge is -2.22. The van der Waals surface area contributed by atoms with Gasteiger partial charge in [-0.1, -0.05) is 11.6 Å². The van der Waals surface area contributed by atoms with Gasteiger partial charge in [0.2, 0.25) is 0 Å². The van der Waals surface area contributed by atoms with Gasteiger partial charge in [-0.3, -0.25) is 14.7 Å². The van der Waals surface area contributed by atoms with Crippen molar-refractivity contribution in [3.63, 3.8) is 0 Å². The monoisotopic (exact) mass is 423 g/mol. The number of rotatable bonds is 5. The minimum Gasteiger partial charge on any atom is -0.497 e. The number of hydrogen-bond acceptors (Lipinski definition) is 5. The first-order valence-corrected chi connectivity index (χ1v) is 9.49. The van der Waals surface area contributed by atoms with Gasteiger partial charge in [0.1, 0.15) is 11.6 Å². The van der Waals surface area contributed by atoms with E-state index in [9.17, 15) is 9.59 Å². The molecule has 2 aromatic carbocycles. The average Bonchev–Trinajstić information content (AvgIpc) is 3.15. The number of aromatic amines is 1. The summed E-state index contributed by atoms with van der Waals surface area (Å²) in [4.78, 5) is 35.6. The zero-order valence-electron chi connectivity index (χ0n) is 16.3. The minimum atomic E-state index is -0.267. The second-order valence-electron chi connectivity index (χ2n) is 6.64. The maximum atomic E-state index is 13.3. The third-order valence-corrected chi connectivity index (χ3v) is 4.79. The van der Waals surface area contributed by atoms with Crippen LogP contribution in [-0.2, 0) is 6.54 Å². The summed E-state index contributed by atoms with van der Waals surface area (Å²) in [6, 6.07) is 15.2. The zero-order chi connectivity index (χ0) is 21.3. The number of H-pyrrole nitrogens is 1. The van der Waals surface area contributed by atoms with E-state index in [1.54, 1.807) is 67.5 Å². The maximum Gasteiger partial charge on any atom is 0.274 e. The quantitative estimate of drug-likeness (QED) is 0.532. The Labute approximate surface area is 176 Å². The van der Waals surface area contributed by atoms with E-state index < -0.39 is 0 Å². The van der Waals surface area contributed by atoms with E-state index >= 15 is 0 Å². The summed E-state index contributed by atoms with van der Waals surface area (Å²) >= 11 is 5.96. The molecule has 30 heavy (non-hydrogen) atoms. The normalized spacial score (nSPS) is 10.9. The molecule has 0 aliphatic heterocycles. The molecule has 0 radical (unpaired) electrons. The van der Waals surface area contributed by atoms with Gasteiger partial charge >= 0.3 is 0 Å². The van der Waals surface area contributed by atoms with Crippen molar-refractivity contribution in [1.82, 2.24) is 19.6 Å². The van der Waals surface area contributed by atoms with Crippen molar-refractivity contribution in [1.29, 1.82) is 0 Å². The standard InChI is InChI=1S/C21H18ClN5O3/c1-13-11-19(28)27-21(23-13)24-18(25-27)12-26(16-7-9-17(30-2)10-8-16)20(29)14-3-5-15(22)6-4-14/h3-11H,12H2,1-2H3,(H,23,24,25). The van der Waals surface area contributed by atoms with Crippen molar-refractivity contribution in [3.05, 3.63) is 87.1 Å². The van der Waals surface area contributed by atoms with Gasteiger partial charge in [-0.25, -0.2) is 4.98 Å². The van der Waals surface area contributed by atoms with Gasteiger partial charge < -0.3 is 9.64 Å². The highest BCUT2D eigenvalue weighted by Gasteiger charge is 2.20. The fraction of sp³-hybridized carbons (Fsp3) is 0.143. The second-order valence-corrected chi connectivity index (χ2v) is 7.07. The molecular formula is C21H18ClN5O3. The predicted molar refractivity (Wildman–Crippen MR) is 113 cm³/mol. The summed E-state index contributed by atoms with van der Waals surface area (Å²) in [7, 11) is 1.58. The molecule has 2 heterocycles. The highest BCUT2D eigenvalue weighted by atomic mass is 35.5. The molecule has 0 saturated carbocycles. The Kier molecular flexibility index (Phi) is 5.24. The van der Waals surface area contributed by atoms with Crippen LogP contribution in [0.2, 0.25) is 5.02 Å². The summed E-state index contributed by atoms with van der Waals surface area (Å²) in [6.45, 7) is 1.83. The third-order valence-electron chi connectivity index (χ3n) is 4.53. The molecule has 1 amide bonds. The lowest BCUT2D eigenvalue weighted by atomic mass is 10.1. The number of methoxy groups -OCH3 is 1. The summed E-state index contributed by atoms with van der Waals surface area (Å²) in [5.41, 5.74) is 1.42. The highest BCUT2D eigenvalue weighted by molar-refractivity contribution is 6.30. The summed E-state index contributed by atoms with van der Waals surface area (Å²) < 4.78 is 6.46. The van der Waals surface area contributed by atoms with Crippen molar-refractivity contribution in [2.75, 3.05) is 12.0 Å². The molecule has 0 spiro atoms. The lowest BCUT2D eigenvalue weighted by molar-refractivity contribution is 0.0984. The van der Waals surface area contributed by atoms with Gasteiger partial charge in [0.05, 0.1) is 13.7 Å². The van der Waals surface area contributed by atoms with E-state index in [1.807, 2.05) is 0 Å². The number of aryl methyl sites for hydroxylation is 1. The Morgan fingerprint density at radius 3 is 2.50 bits per heavy atom. The van der Waals surface area contributed by atoms with Crippen molar-refractivity contribution < 1.29 is 9.53 Å². The number of aromatic nitrogens is 4. The van der Waals surface area contributed by atoms with Crippen molar-refractivity contribution in [3.8, 4) is 5.75 Å². The third kappa shape index (κ3) is 3.90. The zero-order valence-corrected chi connectivity index (χ0v) is 17.1. The Hall–Kier alpha value is -3.65. The Balaban J connectivity index is 1.74. The predicted octanol–water partition coefficient (Wildman–Crippen LogP) is 3.24. The molecule has 4 rings (SSSR count). The van der Waals surface area contributed by atoms with E-state index in [0.29, 0.717) is 33.5 Å². The molecule has 4 aromatic rings. The summed E-state index contributed by atoms with van der Waals surface area (Å²) in [5.74, 6) is 1.10. The van der Waals surface area contributed by atoms with Crippen LogP contribution >= 0.6 is 11.6 Å². The van der Waals surface area contributed by atoms with E-state index in [4.69, 9.17) is 16.3 Å². The van der Waals surface area contributed by atoms with E-state index in [2.05, 4.69) is 15.1 Å². The number of ether oxygens (including phenoxy) is 1. The van der Waals surface area contributed by atoms with Crippen LogP contribution in [0.4, 0.5) is 5.69 Å². The van der Waals surface area contributed by atoms with Crippen LogP contribution in [0.1, 0.15) is 21.9 Å². The number of carbonyl (C=O) groups is 1. The van der Waals surface area contributed by atoms with E-state index in [-0.39, 0.29) is 23.8 Å². The fourth-order valence-electron chi connectivity index (χ4n) is 3.05. The van der Waals surface area contributed by atoms with Crippen LogP contribution < -0.4 is 15.2 Å². The second kappa shape index (κ2) is 8.00. The number of halogens is 1. The lowest BCUT2D eigenvalue weighted by Crippen LogP contribution is -2.31. The number of amides is 1. The maximum absolute atomic E-state index is 13.3. The first kappa shape index (κ1) is 19.7. The number of carbonyl (C=O) groups excluding carboxylic acids is 1. The molecule has 0 saturated heterocycles. The topological polar surface area (TPSA) is 92.6 Å². The van der Waals surface area contributed by atoms with E-state index in [1.165, 1.54) is 10.6 Å². The molecule has 0 aliphatic rings. The van der Waals surface area contributed by atoms with Gasteiger partial charge in [-0.05, 0) is 55.5 Å². The Bertz CT molecular complexity index is 1260. The van der Waals surface area contributed by atoms with Gasteiger partial charge in [-0.15, -0.1) is 0 Å². The Morgan fingerprint density at radius 2 is 1.83 bits per heavy atom. The summed E-state index contributed by atoms with van der Waals surface area (Å²) in [6.07, 6.45) is 0. The summed E-state index contributed by atoms with van der Waals surface area (Å²) in [5, 5.41) is 3.46. The molecule has 9 heteroatoms. The van der Waals surface area contributed by atoms with Crippen LogP contribution in [0.15, 0.2) is 59.4 Å². The largest absolute Gasteiger partial charge is 0.497 e. The molecular weight excluding hydrogens is 406 g/mol. The average molecular weight is 424 g/mol. The van der Waals surface area contributed by atoms with Gasteiger partial charge in [-0.2, -0.15) is 9.50 Å². The van der Waals surface area contributed by atoms with Crippen molar-refractivity contribution >= 4 is 29.0 Å². The van der Waals surface area contributed by atoms with Gasteiger partial charge in [0.25, 0.3) is 17.2 Å². The number of anilines is 1. The number of hydrogen-bond donors (Lipinski definition) is 1. The van der Waals surface area contributed by atoms with E-state index in [0.717, 1.165) is 0 Å². The molecule has 152 valence electrons. The van der Waals surface area contributed by atoms with Gasteiger partial charge in [0, 0.05) is 28.0 Å². The number of nitrogens with zero attached hydrogens (tertiary/aromatic N) is 4. The highest BCUT2D eigenvalue weighted by Crippen LogP contribution is 2.23. The number of benzene rings is 2. The number of nitrogens with one attached hydrogen (secondary N) is 1. The van der Waals surface area contributed by atoms with Crippen LogP contribution in [-0.4, -0.2) is 32.6 Å². The first-order chi connectivity index (χ1) is 14.4. The molecule has 0 fully saturated rings. The molecule has 0 aliphatic carbocycles. The SMILES string of the molecule is COc1ccc(N(Cc2nc3nc(C)cc(=O)n3[nH]2)C(=O)c2ccc(Cl)cc2)cc1. The molecule has 2 aromatic heterocycles.